The summed E-state index contributed by atoms with van der Waals surface area (Å²) in [6.45, 7) is 0.0457. The summed E-state index contributed by atoms with van der Waals surface area (Å²) < 4.78 is 1.83. The maximum absolute atomic E-state index is 12.7. The van der Waals surface area contributed by atoms with Gasteiger partial charge >= 0.3 is 0 Å². The molecule has 0 radical (unpaired) electrons. The Labute approximate surface area is 152 Å². The van der Waals surface area contributed by atoms with Gasteiger partial charge in [-0.2, -0.15) is 5.26 Å². The third-order valence-electron chi connectivity index (χ3n) is 4.22. The first kappa shape index (κ1) is 16.1. The van der Waals surface area contributed by atoms with E-state index in [9.17, 15) is 9.59 Å². The Morgan fingerprint density at radius 2 is 1.65 bits per heavy atom. The molecule has 0 saturated heterocycles. The molecule has 0 aliphatic rings. The van der Waals surface area contributed by atoms with Crippen LogP contribution in [0.5, 0.6) is 0 Å². The van der Waals surface area contributed by atoms with E-state index in [1.54, 1.807) is 23.6 Å². The number of thiophene rings is 1. The second kappa shape index (κ2) is 6.47. The van der Waals surface area contributed by atoms with Crippen molar-refractivity contribution in [3.63, 3.8) is 0 Å². The van der Waals surface area contributed by atoms with Crippen molar-refractivity contribution in [3.05, 3.63) is 75.8 Å². The van der Waals surface area contributed by atoms with Crippen LogP contribution in [-0.4, -0.2) is 10.5 Å². The second-order valence-corrected chi connectivity index (χ2v) is 6.69. The summed E-state index contributed by atoms with van der Waals surface area (Å²) in [6, 6.07) is 18.3. The van der Waals surface area contributed by atoms with Gasteiger partial charge in [-0.3, -0.25) is 9.59 Å². The molecule has 0 aliphatic carbocycles. The van der Waals surface area contributed by atoms with Crippen molar-refractivity contribution in [2.24, 2.45) is 0 Å². The second-order valence-electron chi connectivity index (χ2n) is 5.77. The molecule has 1 amide bonds. The number of nitrogens with zero attached hydrogens (tertiary/aromatic N) is 2. The summed E-state index contributed by atoms with van der Waals surface area (Å²) in [5.74, 6) is -0.247. The van der Waals surface area contributed by atoms with Crippen LogP contribution in [-0.2, 0) is 11.3 Å². The summed E-state index contributed by atoms with van der Waals surface area (Å²) in [4.78, 5) is 25.3. The Balaban J connectivity index is 1.82. The molecule has 26 heavy (non-hydrogen) atoms. The van der Waals surface area contributed by atoms with E-state index in [2.05, 4.69) is 11.4 Å². The topological polar surface area (TPSA) is 74.9 Å². The predicted molar refractivity (Wildman–Crippen MR) is 103 cm³/mol. The molecule has 0 fully saturated rings. The fraction of sp³-hybridized carbons (Fsp3) is 0.0500. The Bertz CT molecular complexity index is 1190. The molecule has 4 rings (SSSR count). The average Bonchev–Trinajstić information content (AvgIpc) is 3.12. The van der Waals surface area contributed by atoms with Gasteiger partial charge in [-0.05, 0) is 35.7 Å². The van der Waals surface area contributed by atoms with Crippen molar-refractivity contribution in [2.75, 3.05) is 5.32 Å². The van der Waals surface area contributed by atoms with E-state index in [1.165, 1.54) is 11.3 Å². The van der Waals surface area contributed by atoms with Crippen LogP contribution < -0.4 is 10.7 Å². The van der Waals surface area contributed by atoms with E-state index in [0.29, 0.717) is 32.4 Å². The van der Waals surface area contributed by atoms with Gasteiger partial charge in [-0.15, -0.1) is 11.3 Å². The number of aromatic nitrogens is 1. The monoisotopic (exact) mass is 359 g/mol. The lowest BCUT2D eigenvalue weighted by Crippen LogP contribution is -2.21. The van der Waals surface area contributed by atoms with Gasteiger partial charge < -0.3 is 9.88 Å². The molecule has 6 heteroatoms. The maximum Gasteiger partial charge on any atom is 0.244 e. The molecule has 1 N–H and O–H groups in total. The molecule has 2 heterocycles. The van der Waals surface area contributed by atoms with E-state index in [1.807, 2.05) is 41.0 Å². The molecule has 4 aromatic rings. The summed E-state index contributed by atoms with van der Waals surface area (Å²) in [5, 5.41) is 15.3. The highest BCUT2D eigenvalue weighted by Gasteiger charge is 2.14. The van der Waals surface area contributed by atoms with Gasteiger partial charge in [0.1, 0.15) is 17.6 Å². The van der Waals surface area contributed by atoms with Gasteiger partial charge in [-0.1, -0.05) is 24.3 Å². The Kier molecular flexibility index (Phi) is 3.99. The quantitative estimate of drug-likeness (QED) is 0.566. The van der Waals surface area contributed by atoms with Crippen LogP contribution in [0.1, 0.15) is 5.56 Å². The number of benzene rings is 2. The zero-order chi connectivity index (χ0) is 18.1. The van der Waals surface area contributed by atoms with Crippen LogP contribution in [0, 0.1) is 11.3 Å². The lowest BCUT2D eigenvalue weighted by atomic mass is 10.1. The van der Waals surface area contributed by atoms with E-state index in [4.69, 9.17) is 5.26 Å². The molecule has 0 spiro atoms. The van der Waals surface area contributed by atoms with Crippen LogP contribution in [0.25, 0.3) is 21.8 Å². The SMILES string of the molecule is N#Cc1ccsc1NC(=O)Cn1c2ccccc2c(=O)c2ccccc21. The highest BCUT2D eigenvalue weighted by atomic mass is 32.1. The van der Waals surface area contributed by atoms with E-state index < -0.39 is 0 Å². The van der Waals surface area contributed by atoms with Gasteiger partial charge in [0.25, 0.3) is 0 Å². The lowest BCUT2D eigenvalue weighted by molar-refractivity contribution is -0.116. The summed E-state index contributed by atoms with van der Waals surface area (Å²) in [5.41, 5.74) is 1.81. The number of carbonyl (C=O) groups is 1. The molecule has 0 unspecified atom stereocenters. The fourth-order valence-electron chi connectivity index (χ4n) is 3.05. The van der Waals surface area contributed by atoms with Crippen molar-refractivity contribution in [2.45, 2.75) is 6.54 Å². The van der Waals surface area contributed by atoms with Crippen molar-refractivity contribution in [1.82, 2.24) is 4.57 Å². The minimum atomic E-state index is -0.247. The number of para-hydroxylation sites is 2. The third kappa shape index (κ3) is 2.65. The first-order valence-corrected chi connectivity index (χ1v) is 8.85. The zero-order valence-corrected chi connectivity index (χ0v) is 14.4. The van der Waals surface area contributed by atoms with Crippen molar-refractivity contribution in [1.29, 1.82) is 5.26 Å². The predicted octanol–water partition coefficient (Wildman–Crippen LogP) is 3.73. The van der Waals surface area contributed by atoms with Gasteiger partial charge in [0, 0.05) is 10.8 Å². The fourth-order valence-corrected chi connectivity index (χ4v) is 3.80. The standard InChI is InChI=1S/C20H13N3O2S/c21-11-13-9-10-26-20(13)22-18(24)12-23-16-7-3-1-5-14(16)19(25)15-6-2-4-8-17(15)23/h1-10H,12H2,(H,22,24). The zero-order valence-electron chi connectivity index (χ0n) is 13.6. The number of hydrogen-bond donors (Lipinski definition) is 1. The molecule has 126 valence electrons. The van der Waals surface area contributed by atoms with Gasteiger partial charge in [0.2, 0.25) is 5.91 Å². The normalized spacial score (nSPS) is 10.7. The Morgan fingerprint density at radius 1 is 1.04 bits per heavy atom. The summed E-state index contributed by atoms with van der Waals surface area (Å²) in [6.07, 6.45) is 0. The molecular formula is C20H13N3O2S. The molecule has 0 bridgehead atoms. The van der Waals surface area contributed by atoms with E-state index >= 15 is 0 Å². The molecule has 2 aromatic carbocycles. The molecule has 5 nitrogen and oxygen atoms in total. The number of amides is 1. The molecule has 0 atom stereocenters. The van der Waals surface area contributed by atoms with Gasteiger partial charge in [0.05, 0.1) is 16.6 Å². The number of anilines is 1. The highest BCUT2D eigenvalue weighted by Crippen LogP contribution is 2.23. The average molecular weight is 359 g/mol. The van der Waals surface area contributed by atoms with Crippen LogP contribution in [0.15, 0.2) is 64.8 Å². The van der Waals surface area contributed by atoms with E-state index in [-0.39, 0.29) is 17.9 Å². The largest absolute Gasteiger partial charge is 0.331 e. The Morgan fingerprint density at radius 3 is 2.27 bits per heavy atom. The van der Waals surface area contributed by atoms with Gasteiger partial charge in [-0.25, -0.2) is 0 Å². The molecule has 0 saturated carbocycles. The number of fused-ring (bicyclic) bond motifs is 2. The minimum Gasteiger partial charge on any atom is -0.331 e. The van der Waals surface area contributed by atoms with Crippen molar-refractivity contribution < 1.29 is 4.79 Å². The summed E-state index contributed by atoms with van der Waals surface area (Å²) in [7, 11) is 0. The third-order valence-corrected chi connectivity index (χ3v) is 5.05. The minimum absolute atomic E-state index is 0.0436. The number of nitriles is 1. The number of rotatable bonds is 3. The molecule has 0 aliphatic heterocycles. The highest BCUT2D eigenvalue weighted by molar-refractivity contribution is 7.14. The molecular weight excluding hydrogens is 346 g/mol. The van der Waals surface area contributed by atoms with Crippen molar-refractivity contribution >= 4 is 44.1 Å². The smallest absolute Gasteiger partial charge is 0.244 e. The van der Waals surface area contributed by atoms with Crippen LogP contribution in [0.3, 0.4) is 0 Å². The molecule has 2 aromatic heterocycles. The number of pyridine rings is 1. The maximum atomic E-state index is 12.7. The number of nitrogens with one attached hydrogen (secondary N) is 1. The summed E-state index contributed by atoms with van der Waals surface area (Å²) >= 11 is 1.31. The number of carbonyl (C=O) groups excluding carboxylic acids is 1. The Hall–Kier alpha value is -3.43. The lowest BCUT2D eigenvalue weighted by Gasteiger charge is -2.14. The van der Waals surface area contributed by atoms with Gasteiger partial charge in [0.15, 0.2) is 5.43 Å². The van der Waals surface area contributed by atoms with Crippen LogP contribution in [0.4, 0.5) is 5.00 Å². The van der Waals surface area contributed by atoms with Crippen LogP contribution >= 0.6 is 11.3 Å². The first-order valence-electron chi connectivity index (χ1n) is 7.97. The van der Waals surface area contributed by atoms with Crippen LogP contribution in [0.2, 0.25) is 0 Å². The number of hydrogen-bond acceptors (Lipinski definition) is 4. The van der Waals surface area contributed by atoms with Crippen molar-refractivity contribution in [3.8, 4) is 6.07 Å². The van der Waals surface area contributed by atoms with E-state index in [0.717, 1.165) is 0 Å². The first-order chi connectivity index (χ1) is 12.7.